The van der Waals surface area contributed by atoms with Gasteiger partial charge in [-0.25, -0.2) is 4.79 Å². The SMILES string of the molecule is CC(C)(C)OC(=O)N(CC1CC1)c1ccc2ccc(CCl)nc2c1. The van der Waals surface area contributed by atoms with Gasteiger partial charge in [0.25, 0.3) is 0 Å². The molecule has 4 nitrogen and oxygen atoms in total. The van der Waals surface area contributed by atoms with E-state index in [0.717, 1.165) is 22.3 Å². The number of amides is 1. The maximum Gasteiger partial charge on any atom is 0.414 e. The van der Waals surface area contributed by atoms with E-state index >= 15 is 0 Å². The Bertz CT molecular complexity index is 751. The third-order valence-corrected chi connectivity index (χ3v) is 4.21. The first kappa shape index (κ1) is 17.0. The molecule has 128 valence electrons. The first-order valence-electron chi connectivity index (χ1n) is 8.32. The van der Waals surface area contributed by atoms with E-state index in [0.29, 0.717) is 18.3 Å². The van der Waals surface area contributed by atoms with Crippen LogP contribution in [0.3, 0.4) is 0 Å². The van der Waals surface area contributed by atoms with Crippen molar-refractivity contribution >= 4 is 34.3 Å². The Labute approximate surface area is 147 Å². The monoisotopic (exact) mass is 346 g/mol. The Morgan fingerprint density at radius 2 is 2.00 bits per heavy atom. The Morgan fingerprint density at radius 3 is 2.62 bits per heavy atom. The van der Waals surface area contributed by atoms with Gasteiger partial charge in [0.05, 0.1) is 17.1 Å². The first-order chi connectivity index (χ1) is 11.4. The van der Waals surface area contributed by atoms with Gasteiger partial charge in [0.15, 0.2) is 0 Å². The van der Waals surface area contributed by atoms with E-state index in [2.05, 4.69) is 4.98 Å². The fraction of sp³-hybridized carbons (Fsp3) is 0.474. The summed E-state index contributed by atoms with van der Waals surface area (Å²) in [5.41, 5.74) is 1.98. The Hall–Kier alpha value is -1.81. The number of hydrogen-bond donors (Lipinski definition) is 0. The number of benzene rings is 1. The summed E-state index contributed by atoms with van der Waals surface area (Å²) < 4.78 is 5.59. The average molecular weight is 347 g/mol. The molecule has 0 atom stereocenters. The second-order valence-corrected chi connectivity index (χ2v) is 7.61. The number of alkyl halides is 1. The van der Waals surface area contributed by atoms with Gasteiger partial charge in [-0.05, 0) is 57.7 Å². The van der Waals surface area contributed by atoms with Crippen molar-refractivity contribution in [3.63, 3.8) is 0 Å². The molecule has 3 rings (SSSR count). The highest BCUT2D eigenvalue weighted by Crippen LogP contribution is 2.33. The van der Waals surface area contributed by atoms with Crippen LogP contribution in [0.4, 0.5) is 10.5 Å². The number of nitrogens with zero attached hydrogens (tertiary/aromatic N) is 2. The molecule has 0 N–H and O–H groups in total. The first-order valence-corrected chi connectivity index (χ1v) is 8.85. The zero-order chi connectivity index (χ0) is 17.3. The largest absolute Gasteiger partial charge is 0.443 e. The predicted octanol–water partition coefficient (Wildman–Crippen LogP) is 5.13. The number of ether oxygens (including phenoxy) is 1. The molecule has 1 saturated carbocycles. The Morgan fingerprint density at radius 1 is 1.29 bits per heavy atom. The summed E-state index contributed by atoms with van der Waals surface area (Å²) in [7, 11) is 0. The minimum Gasteiger partial charge on any atom is -0.443 e. The van der Waals surface area contributed by atoms with Gasteiger partial charge in [0.1, 0.15) is 5.60 Å². The van der Waals surface area contributed by atoms with Crippen molar-refractivity contribution in [2.45, 2.75) is 45.1 Å². The number of fused-ring (bicyclic) bond motifs is 1. The molecule has 1 aromatic heterocycles. The number of pyridine rings is 1. The van der Waals surface area contributed by atoms with Gasteiger partial charge in [-0.3, -0.25) is 9.88 Å². The second kappa shape index (κ2) is 6.60. The molecule has 0 unspecified atom stereocenters. The van der Waals surface area contributed by atoms with Gasteiger partial charge in [-0.2, -0.15) is 0 Å². The molecule has 5 heteroatoms. The highest BCUT2D eigenvalue weighted by molar-refractivity contribution is 6.17. The van der Waals surface area contributed by atoms with Crippen molar-refractivity contribution in [2.24, 2.45) is 5.92 Å². The van der Waals surface area contributed by atoms with Crippen molar-refractivity contribution in [2.75, 3.05) is 11.4 Å². The summed E-state index contributed by atoms with van der Waals surface area (Å²) in [5, 5.41) is 1.03. The normalized spacial score (nSPS) is 14.7. The third kappa shape index (κ3) is 4.18. The fourth-order valence-corrected chi connectivity index (χ4v) is 2.70. The Balaban J connectivity index is 1.93. The molecule has 24 heavy (non-hydrogen) atoms. The summed E-state index contributed by atoms with van der Waals surface area (Å²) in [6, 6.07) is 9.81. The van der Waals surface area contributed by atoms with Gasteiger partial charge in [0, 0.05) is 17.6 Å². The lowest BCUT2D eigenvalue weighted by molar-refractivity contribution is 0.0578. The van der Waals surface area contributed by atoms with Crippen LogP contribution in [0.5, 0.6) is 0 Å². The molecule has 2 aromatic rings. The third-order valence-electron chi connectivity index (χ3n) is 3.93. The molecule has 0 saturated heterocycles. The maximum atomic E-state index is 12.6. The number of hydrogen-bond acceptors (Lipinski definition) is 3. The van der Waals surface area contributed by atoms with Crippen molar-refractivity contribution in [3.8, 4) is 0 Å². The summed E-state index contributed by atoms with van der Waals surface area (Å²) in [6.07, 6.45) is 2.03. The van der Waals surface area contributed by atoms with Gasteiger partial charge < -0.3 is 4.74 Å². The topological polar surface area (TPSA) is 42.4 Å². The fourth-order valence-electron chi connectivity index (χ4n) is 2.55. The summed E-state index contributed by atoms with van der Waals surface area (Å²) in [5.74, 6) is 0.938. The standard InChI is InChI=1S/C19H23ClN2O2/c1-19(2,3)24-18(23)22(12-13-4-5-13)16-9-7-14-6-8-15(11-20)21-17(14)10-16/h6-10,13H,4-5,11-12H2,1-3H3. The van der Waals surface area contributed by atoms with E-state index in [9.17, 15) is 4.79 Å². The summed E-state index contributed by atoms with van der Waals surface area (Å²) >= 11 is 5.88. The van der Waals surface area contributed by atoms with Crippen LogP contribution in [0.2, 0.25) is 0 Å². The van der Waals surface area contributed by atoms with Crippen molar-refractivity contribution < 1.29 is 9.53 Å². The van der Waals surface area contributed by atoms with Crippen molar-refractivity contribution in [3.05, 3.63) is 36.0 Å². The van der Waals surface area contributed by atoms with E-state index in [1.807, 2.05) is 51.1 Å². The predicted molar refractivity (Wildman–Crippen MR) is 97.6 cm³/mol. The molecule has 0 spiro atoms. The minimum absolute atomic E-state index is 0.303. The lowest BCUT2D eigenvalue weighted by atomic mass is 10.1. The van der Waals surface area contributed by atoms with Crippen molar-refractivity contribution in [1.29, 1.82) is 0 Å². The van der Waals surface area contributed by atoms with Crippen molar-refractivity contribution in [1.82, 2.24) is 4.98 Å². The zero-order valence-electron chi connectivity index (χ0n) is 14.4. The van der Waals surface area contributed by atoms with Gasteiger partial charge >= 0.3 is 6.09 Å². The number of anilines is 1. The van der Waals surface area contributed by atoms with Gasteiger partial charge in [-0.1, -0.05) is 12.1 Å². The molecular weight excluding hydrogens is 324 g/mol. The van der Waals surface area contributed by atoms with E-state index < -0.39 is 5.60 Å². The van der Waals surface area contributed by atoms with Crippen LogP contribution in [-0.2, 0) is 10.6 Å². The van der Waals surface area contributed by atoms with E-state index in [1.54, 1.807) is 4.90 Å². The van der Waals surface area contributed by atoms with Crippen LogP contribution in [0, 0.1) is 5.92 Å². The van der Waals surface area contributed by atoms with Crippen LogP contribution < -0.4 is 4.90 Å². The second-order valence-electron chi connectivity index (χ2n) is 7.35. The minimum atomic E-state index is -0.514. The highest BCUT2D eigenvalue weighted by atomic mass is 35.5. The maximum absolute atomic E-state index is 12.6. The molecular formula is C19H23ClN2O2. The lowest BCUT2D eigenvalue weighted by Crippen LogP contribution is -2.38. The molecule has 1 aromatic carbocycles. The number of aromatic nitrogens is 1. The quantitative estimate of drug-likeness (QED) is 0.721. The number of rotatable bonds is 4. The summed E-state index contributed by atoms with van der Waals surface area (Å²) in [4.78, 5) is 18.9. The number of halogens is 1. The molecule has 1 fully saturated rings. The Kier molecular flexibility index (Phi) is 4.68. The molecule has 1 aliphatic carbocycles. The van der Waals surface area contributed by atoms with Gasteiger partial charge in [0.2, 0.25) is 0 Å². The highest BCUT2D eigenvalue weighted by Gasteiger charge is 2.30. The lowest BCUT2D eigenvalue weighted by Gasteiger charge is -2.27. The summed E-state index contributed by atoms with van der Waals surface area (Å²) in [6.45, 7) is 6.34. The number of carbonyl (C=O) groups excluding carboxylic acids is 1. The molecule has 1 heterocycles. The van der Waals surface area contributed by atoms with E-state index in [4.69, 9.17) is 16.3 Å². The molecule has 1 aliphatic rings. The van der Waals surface area contributed by atoms with Gasteiger partial charge in [-0.15, -0.1) is 11.6 Å². The molecule has 1 amide bonds. The molecule has 0 bridgehead atoms. The van der Waals surface area contributed by atoms with Crippen LogP contribution >= 0.6 is 11.6 Å². The smallest absolute Gasteiger partial charge is 0.414 e. The van der Waals surface area contributed by atoms with Crippen LogP contribution in [-0.4, -0.2) is 23.2 Å². The number of carbonyl (C=O) groups is 1. The molecule has 0 radical (unpaired) electrons. The van der Waals surface area contributed by atoms with Crippen LogP contribution in [0.25, 0.3) is 10.9 Å². The van der Waals surface area contributed by atoms with E-state index in [1.165, 1.54) is 12.8 Å². The molecule has 0 aliphatic heterocycles. The average Bonchev–Trinajstić information content (AvgIpc) is 3.34. The van der Waals surface area contributed by atoms with E-state index in [-0.39, 0.29) is 6.09 Å². The van der Waals surface area contributed by atoms with Crippen LogP contribution in [0.1, 0.15) is 39.3 Å². The zero-order valence-corrected chi connectivity index (χ0v) is 15.1. The van der Waals surface area contributed by atoms with Crippen LogP contribution in [0.15, 0.2) is 30.3 Å².